The molecule has 0 aromatic carbocycles. The first-order valence-corrected chi connectivity index (χ1v) is 6.88. The largest absolute Gasteiger partial charge is 0.383 e. The molecule has 0 N–H and O–H groups in total. The van der Waals surface area contributed by atoms with Gasteiger partial charge in [-0.05, 0) is 39.2 Å². The SMILES string of the molecule is CCC(CC)N(CCCCC(C)=O)CCOC. The number of Topliss-reactive ketones (excluding diaryl/α,β-unsaturated/α-hetero) is 1. The first-order valence-electron chi connectivity index (χ1n) is 6.88. The van der Waals surface area contributed by atoms with E-state index in [0.717, 1.165) is 39.0 Å². The standard InChI is InChI=1S/C14H29NO2/c1-5-14(6-2)15(11-12-17-4)10-8-7-9-13(3)16/h14H,5-12H2,1-4H3. The molecular formula is C14H29NO2. The molecule has 102 valence electrons. The Bertz CT molecular complexity index is 191. The van der Waals surface area contributed by atoms with Crippen LogP contribution in [-0.4, -0.2) is 43.5 Å². The van der Waals surface area contributed by atoms with Gasteiger partial charge in [0.2, 0.25) is 0 Å². The molecule has 0 aliphatic rings. The summed E-state index contributed by atoms with van der Waals surface area (Å²) in [5, 5.41) is 0. The highest BCUT2D eigenvalue weighted by Crippen LogP contribution is 2.10. The lowest BCUT2D eigenvalue weighted by atomic mass is 10.1. The van der Waals surface area contributed by atoms with Crippen molar-refractivity contribution in [3.8, 4) is 0 Å². The van der Waals surface area contributed by atoms with Crippen LogP contribution in [0, 0.1) is 0 Å². The molecule has 0 saturated heterocycles. The number of ether oxygens (including phenoxy) is 1. The van der Waals surface area contributed by atoms with Crippen molar-refractivity contribution in [1.29, 1.82) is 0 Å². The second kappa shape index (κ2) is 10.7. The average molecular weight is 243 g/mol. The van der Waals surface area contributed by atoms with Gasteiger partial charge >= 0.3 is 0 Å². The van der Waals surface area contributed by atoms with E-state index in [-0.39, 0.29) is 0 Å². The van der Waals surface area contributed by atoms with Crippen LogP contribution in [0.15, 0.2) is 0 Å². The first kappa shape index (κ1) is 16.6. The van der Waals surface area contributed by atoms with E-state index >= 15 is 0 Å². The number of rotatable bonds is 11. The zero-order chi connectivity index (χ0) is 13.1. The van der Waals surface area contributed by atoms with Crippen LogP contribution in [0.2, 0.25) is 0 Å². The molecule has 0 amide bonds. The van der Waals surface area contributed by atoms with Gasteiger partial charge in [-0.2, -0.15) is 0 Å². The van der Waals surface area contributed by atoms with E-state index in [9.17, 15) is 4.79 Å². The van der Waals surface area contributed by atoms with Crippen LogP contribution in [0.25, 0.3) is 0 Å². The molecule has 0 bridgehead atoms. The summed E-state index contributed by atoms with van der Waals surface area (Å²) in [4.78, 5) is 13.4. The van der Waals surface area contributed by atoms with E-state index in [2.05, 4.69) is 18.7 Å². The van der Waals surface area contributed by atoms with E-state index in [1.54, 1.807) is 14.0 Å². The molecule has 0 atom stereocenters. The summed E-state index contributed by atoms with van der Waals surface area (Å²) in [6, 6.07) is 0.655. The lowest BCUT2D eigenvalue weighted by Gasteiger charge is -2.30. The summed E-state index contributed by atoms with van der Waals surface area (Å²) < 4.78 is 5.16. The molecule has 3 heteroatoms. The third-order valence-electron chi connectivity index (χ3n) is 3.27. The van der Waals surface area contributed by atoms with E-state index in [4.69, 9.17) is 4.74 Å². The molecule has 0 spiro atoms. The number of carbonyl (C=O) groups is 1. The molecule has 0 saturated carbocycles. The highest BCUT2D eigenvalue weighted by Gasteiger charge is 2.14. The van der Waals surface area contributed by atoms with Gasteiger partial charge in [0.1, 0.15) is 5.78 Å². The van der Waals surface area contributed by atoms with Gasteiger partial charge in [-0.1, -0.05) is 13.8 Å². The number of hydrogen-bond donors (Lipinski definition) is 0. The molecular weight excluding hydrogens is 214 g/mol. The van der Waals surface area contributed by atoms with Crippen molar-refractivity contribution in [2.45, 2.75) is 58.9 Å². The fourth-order valence-corrected chi connectivity index (χ4v) is 2.18. The van der Waals surface area contributed by atoms with Crippen LogP contribution in [0.5, 0.6) is 0 Å². The second-order valence-corrected chi connectivity index (χ2v) is 4.66. The molecule has 0 aromatic rings. The maximum absolute atomic E-state index is 10.9. The fraction of sp³-hybridized carbons (Fsp3) is 0.929. The Hall–Kier alpha value is -0.410. The van der Waals surface area contributed by atoms with Gasteiger partial charge in [0.15, 0.2) is 0 Å². The van der Waals surface area contributed by atoms with Gasteiger partial charge in [-0.15, -0.1) is 0 Å². The number of ketones is 1. The molecule has 0 heterocycles. The van der Waals surface area contributed by atoms with Gasteiger partial charge in [0.05, 0.1) is 6.61 Å². The normalized spacial score (nSPS) is 11.4. The van der Waals surface area contributed by atoms with Crippen LogP contribution >= 0.6 is 0 Å². The lowest BCUT2D eigenvalue weighted by Crippen LogP contribution is -2.37. The predicted molar refractivity (Wildman–Crippen MR) is 72.4 cm³/mol. The Labute approximate surface area is 107 Å². The van der Waals surface area contributed by atoms with E-state index in [0.29, 0.717) is 11.8 Å². The summed E-state index contributed by atoms with van der Waals surface area (Å²) in [6.07, 6.45) is 5.22. The molecule has 0 aliphatic carbocycles. The molecule has 0 rings (SSSR count). The Balaban J connectivity index is 3.95. The van der Waals surface area contributed by atoms with Gasteiger partial charge in [0.25, 0.3) is 0 Å². The summed E-state index contributed by atoms with van der Waals surface area (Å²) >= 11 is 0. The summed E-state index contributed by atoms with van der Waals surface area (Å²) in [7, 11) is 1.75. The molecule has 0 fully saturated rings. The quantitative estimate of drug-likeness (QED) is 0.523. The molecule has 0 radical (unpaired) electrons. The smallest absolute Gasteiger partial charge is 0.129 e. The van der Waals surface area contributed by atoms with E-state index in [1.165, 1.54) is 12.8 Å². The van der Waals surface area contributed by atoms with Gasteiger partial charge < -0.3 is 9.53 Å². The summed E-state index contributed by atoms with van der Waals surface area (Å²) in [6.45, 7) is 9.03. The minimum Gasteiger partial charge on any atom is -0.383 e. The van der Waals surface area contributed by atoms with Crippen LogP contribution < -0.4 is 0 Å². The Morgan fingerprint density at radius 2 is 1.82 bits per heavy atom. The molecule has 0 aliphatic heterocycles. The monoisotopic (exact) mass is 243 g/mol. The lowest BCUT2D eigenvalue weighted by molar-refractivity contribution is -0.117. The van der Waals surface area contributed by atoms with E-state index in [1.807, 2.05) is 0 Å². The Morgan fingerprint density at radius 1 is 1.18 bits per heavy atom. The Morgan fingerprint density at radius 3 is 2.29 bits per heavy atom. The third kappa shape index (κ3) is 8.33. The topological polar surface area (TPSA) is 29.5 Å². The molecule has 0 unspecified atom stereocenters. The van der Waals surface area contributed by atoms with Crippen molar-refractivity contribution in [3.05, 3.63) is 0 Å². The summed E-state index contributed by atoms with van der Waals surface area (Å²) in [5.41, 5.74) is 0. The average Bonchev–Trinajstić information content (AvgIpc) is 2.31. The maximum Gasteiger partial charge on any atom is 0.129 e. The van der Waals surface area contributed by atoms with Crippen LogP contribution in [0.3, 0.4) is 0 Å². The van der Waals surface area contributed by atoms with Gasteiger partial charge in [0, 0.05) is 26.1 Å². The van der Waals surface area contributed by atoms with Crippen molar-refractivity contribution in [2.75, 3.05) is 26.8 Å². The number of unbranched alkanes of at least 4 members (excludes halogenated alkanes) is 1. The second-order valence-electron chi connectivity index (χ2n) is 4.66. The minimum absolute atomic E-state index is 0.302. The number of carbonyl (C=O) groups excluding carboxylic acids is 1. The zero-order valence-corrected chi connectivity index (χ0v) is 12.0. The van der Waals surface area contributed by atoms with Gasteiger partial charge in [-0.3, -0.25) is 4.90 Å². The van der Waals surface area contributed by atoms with Crippen molar-refractivity contribution >= 4 is 5.78 Å². The van der Waals surface area contributed by atoms with Crippen LogP contribution in [-0.2, 0) is 9.53 Å². The molecule has 3 nitrogen and oxygen atoms in total. The highest BCUT2D eigenvalue weighted by molar-refractivity contribution is 5.75. The van der Waals surface area contributed by atoms with Crippen molar-refractivity contribution in [1.82, 2.24) is 4.90 Å². The van der Waals surface area contributed by atoms with Crippen LogP contribution in [0.1, 0.15) is 52.9 Å². The number of methoxy groups -OCH3 is 1. The maximum atomic E-state index is 10.9. The van der Waals surface area contributed by atoms with Gasteiger partial charge in [-0.25, -0.2) is 0 Å². The van der Waals surface area contributed by atoms with Crippen molar-refractivity contribution in [3.63, 3.8) is 0 Å². The van der Waals surface area contributed by atoms with Crippen molar-refractivity contribution in [2.24, 2.45) is 0 Å². The van der Waals surface area contributed by atoms with Crippen LogP contribution in [0.4, 0.5) is 0 Å². The third-order valence-corrected chi connectivity index (χ3v) is 3.27. The fourth-order valence-electron chi connectivity index (χ4n) is 2.18. The predicted octanol–water partition coefficient (Wildman–Crippen LogP) is 2.88. The highest BCUT2D eigenvalue weighted by atomic mass is 16.5. The zero-order valence-electron chi connectivity index (χ0n) is 12.0. The van der Waals surface area contributed by atoms with E-state index < -0.39 is 0 Å². The molecule has 17 heavy (non-hydrogen) atoms. The number of hydrogen-bond acceptors (Lipinski definition) is 3. The first-order chi connectivity index (χ1) is 8.15. The summed E-state index contributed by atoms with van der Waals surface area (Å²) in [5.74, 6) is 0.302. The molecule has 0 aromatic heterocycles. The van der Waals surface area contributed by atoms with Crippen molar-refractivity contribution < 1.29 is 9.53 Å². The number of nitrogens with zero attached hydrogens (tertiary/aromatic N) is 1. The minimum atomic E-state index is 0.302. The Kier molecular flexibility index (Phi) is 10.5.